The maximum atomic E-state index is 10.3. The molecule has 0 saturated heterocycles. The smallest absolute Gasteiger partial charge is 0.345 e. The molecule has 0 aromatic carbocycles. The van der Waals surface area contributed by atoms with Crippen molar-refractivity contribution in [2.24, 2.45) is 0 Å². The molecular formula is C6H9N3O3S. The normalized spacial score (nSPS) is 9.92. The summed E-state index contributed by atoms with van der Waals surface area (Å²) in [5.74, 6) is 0. The number of hydrogen-bond donors (Lipinski definition) is 1. The first-order chi connectivity index (χ1) is 6.24. The first kappa shape index (κ1) is 9.87. The molecule has 1 heterocycles. The monoisotopic (exact) mass is 203 g/mol. The predicted octanol–water partition coefficient (Wildman–Crippen LogP) is 1.11. The highest BCUT2D eigenvalue weighted by molar-refractivity contribution is 7.18. The molecule has 0 aliphatic rings. The Bertz CT molecular complexity index is 288. The van der Waals surface area contributed by atoms with Crippen LogP contribution in [0.4, 0.5) is 10.1 Å². The topological polar surface area (TPSA) is 77.3 Å². The number of nitrogens with zero attached hydrogens (tertiary/aromatic N) is 2. The number of aromatic nitrogens is 1. The summed E-state index contributed by atoms with van der Waals surface area (Å²) in [6.07, 6.45) is 1.24. The minimum atomic E-state index is -0.459. The van der Waals surface area contributed by atoms with Crippen LogP contribution in [0.5, 0.6) is 0 Å². The van der Waals surface area contributed by atoms with Crippen LogP contribution in [0, 0.1) is 10.1 Å². The second-order valence-electron chi connectivity index (χ2n) is 2.18. The lowest BCUT2D eigenvalue weighted by Gasteiger charge is -1.98. The van der Waals surface area contributed by atoms with Gasteiger partial charge in [-0.25, -0.2) is 4.98 Å². The Morgan fingerprint density at radius 3 is 3.15 bits per heavy atom. The van der Waals surface area contributed by atoms with E-state index < -0.39 is 4.92 Å². The van der Waals surface area contributed by atoms with Gasteiger partial charge in [0.25, 0.3) is 0 Å². The van der Waals surface area contributed by atoms with Gasteiger partial charge in [-0.15, -0.1) is 0 Å². The molecule has 0 fully saturated rings. The number of methoxy groups -OCH3 is 1. The van der Waals surface area contributed by atoms with Gasteiger partial charge >= 0.3 is 5.00 Å². The second-order valence-corrected chi connectivity index (χ2v) is 3.19. The second kappa shape index (κ2) is 4.73. The van der Waals surface area contributed by atoms with Crippen LogP contribution >= 0.6 is 11.3 Å². The molecule has 1 rings (SSSR count). The van der Waals surface area contributed by atoms with Crippen molar-refractivity contribution in [2.45, 2.75) is 0 Å². The van der Waals surface area contributed by atoms with E-state index in [4.69, 9.17) is 4.74 Å². The van der Waals surface area contributed by atoms with Gasteiger partial charge in [0.05, 0.1) is 11.5 Å². The Balaban J connectivity index is 2.44. The molecule has 0 unspecified atom stereocenters. The number of rotatable bonds is 5. The Kier molecular flexibility index (Phi) is 3.59. The summed E-state index contributed by atoms with van der Waals surface area (Å²) < 4.78 is 4.80. The van der Waals surface area contributed by atoms with E-state index in [0.29, 0.717) is 18.3 Å². The van der Waals surface area contributed by atoms with Crippen LogP contribution in [0.3, 0.4) is 0 Å². The lowest BCUT2D eigenvalue weighted by atomic mass is 10.7. The lowest BCUT2D eigenvalue weighted by molar-refractivity contribution is -0.380. The minimum absolute atomic E-state index is 0.0416. The molecule has 0 amide bonds. The zero-order chi connectivity index (χ0) is 9.68. The van der Waals surface area contributed by atoms with Crippen LogP contribution < -0.4 is 5.32 Å². The van der Waals surface area contributed by atoms with Gasteiger partial charge in [0.15, 0.2) is 5.13 Å². The number of nitrogens with one attached hydrogen (secondary N) is 1. The fraction of sp³-hybridized carbons (Fsp3) is 0.500. The third kappa shape index (κ3) is 2.96. The Morgan fingerprint density at radius 2 is 2.62 bits per heavy atom. The molecule has 1 aromatic rings. The largest absolute Gasteiger partial charge is 0.383 e. The standard InChI is InChI=1S/C6H9N3O3S/c1-12-3-2-7-6-8-4-5(13-6)9(10)11/h4H,2-3H2,1H3,(H,7,8). The molecule has 0 bridgehead atoms. The number of thiazole rings is 1. The van der Waals surface area contributed by atoms with Crippen molar-refractivity contribution < 1.29 is 9.66 Å². The fourth-order valence-electron chi connectivity index (χ4n) is 0.692. The molecule has 1 N–H and O–H groups in total. The lowest BCUT2D eigenvalue weighted by Crippen LogP contribution is -2.06. The van der Waals surface area contributed by atoms with Crippen LogP contribution in [0.25, 0.3) is 0 Å². The molecule has 6 nitrogen and oxygen atoms in total. The predicted molar refractivity (Wildman–Crippen MR) is 49.1 cm³/mol. The molecule has 0 radical (unpaired) electrons. The van der Waals surface area contributed by atoms with E-state index in [0.717, 1.165) is 11.3 Å². The van der Waals surface area contributed by atoms with Gasteiger partial charge in [-0.2, -0.15) is 0 Å². The van der Waals surface area contributed by atoms with Crippen LogP contribution in [-0.4, -0.2) is 30.2 Å². The molecule has 0 spiro atoms. The first-order valence-corrected chi connectivity index (χ1v) is 4.38. The maximum Gasteiger partial charge on any atom is 0.345 e. The number of anilines is 1. The summed E-state index contributed by atoms with van der Waals surface area (Å²) in [6.45, 7) is 1.15. The van der Waals surface area contributed by atoms with Gasteiger partial charge in [-0.05, 0) is 11.3 Å². The van der Waals surface area contributed by atoms with E-state index in [-0.39, 0.29) is 5.00 Å². The molecular weight excluding hydrogens is 194 g/mol. The van der Waals surface area contributed by atoms with Gasteiger partial charge in [-0.3, -0.25) is 10.1 Å². The third-order valence-electron chi connectivity index (χ3n) is 1.26. The molecule has 0 aliphatic heterocycles. The van der Waals surface area contributed by atoms with E-state index in [1.54, 1.807) is 7.11 Å². The summed E-state index contributed by atoms with van der Waals surface area (Å²) in [5.41, 5.74) is 0. The van der Waals surface area contributed by atoms with Crippen molar-refractivity contribution in [3.8, 4) is 0 Å². The molecule has 13 heavy (non-hydrogen) atoms. The summed E-state index contributed by atoms with van der Waals surface area (Å²) in [7, 11) is 1.59. The highest BCUT2D eigenvalue weighted by atomic mass is 32.1. The SMILES string of the molecule is COCCNc1ncc([N+](=O)[O-])s1. The molecule has 1 aromatic heterocycles. The van der Waals surface area contributed by atoms with Crippen LogP contribution in [-0.2, 0) is 4.74 Å². The van der Waals surface area contributed by atoms with Gasteiger partial charge in [-0.1, -0.05) is 0 Å². The average Bonchev–Trinajstić information content (AvgIpc) is 2.53. The average molecular weight is 203 g/mol. The highest BCUT2D eigenvalue weighted by Gasteiger charge is 2.10. The fourth-order valence-corrected chi connectivity index (χ4v) is 1.35. The minimum Gasteiger partial charge on any atom is -0.383 e. The molecule has 7 heteroatoms. The van der Waals surface area contributed by atoms with Gasteiger partial charge in [0.2, 0.25) is 0 Å². The van der Waals surface area contributed by atoms with Crippen molar-refractivity contribution in [3.05, 3.63) is 16.3 Å². The Hall–Kier alpha value is -1.21. The zero-order valence-electron chi connectivity index (χ0n) is 7.02. The Labute approximate surface area is 78.7 Å². The van der Waals surface area contributed by atoms with Crippen LogP contribution in [0.1, 0.15) is 0 Å². The van der Waals surface area contributed by atoms with E-state index in [1.807, 2.05) is 0 Å². The van der Waals surface area contributed by atoms with Crippen molar-refractivity contribution in [1.29, 1.82) is 0 Å². The zero-order valence-corrected chi connectivity index (χ0v) is 7.84. The van der Waals surface area contributed by atoms with Crippen LogP contribution in [0.2, 0.25) is 0 Å². The summed E-state index contributed by atoms with van der Waals surface area (Å²) in [6, 6.07) is 0. The van der Waals surface area contributed by atoms with Crippen LogP contribution in [0.15, 0.2) is 6.20 Å². The first-order valence-electron chi connectivity index (χ1n) is 3.57. The van der Waals surface area contributed by atoms with E-state index >= 15 is 0 Å². The van der Waals surface area contributed by atoms with E-state index in [9.17, 15) is 10.1 Å². The highest BCUT2D eigenvalue weighted by Crippen LogP contribution is 2.24. The van der Waals surface area contributed by atoms with Crippen molar-refractivity contribution in [3.63, 3.8) is 0 Å². The molecule has 0 saturated carbocycles. The number of hydrogen-bond acceptors (Lipinski definition) is 6. The van der Waals surface area contributed by atoms with Gasteiger partial charge in [0, 0.05) is 13.7 Å². The van der Waals surface area contributed by atoms with Gasteiger partial charge in [0.1, 0.15) is 6.20 Å². The summed E-state index contributed by atoms with van der Waals surface area (Å²) in [5, 5.41) is 13.8. The van der Waals surface area contributed by atoms with Crippen molar-refractivity contribution in [2.75, 3.05) is 25.6 Å². The Morgan fingerprint density at radius 1 is 1.85 bits per heavy atom. The van der Waals surface area contributed by atoms with Crippen molar-refractivity contribution in [1.82, 2.24) is 4.98 Å². The quantitative estimate of drug-likeness (QED) is 0.440. The molecule has 0 atom stereocenters. The molecule has 72 valence electrons. The van der Waals surface area contributed by atoms with E-state index in [2.05, 4.69) is 10.3 Å². The number of ether oxygens (including phenoxy) is 1. The van der Waals surface area contributed by atoms with Crippen molar-refractivity contribution >= 4 is 21.5 Å². The summed E-state index contributed by atoms with van der Waals surface area (Å²) >= 11 is 1.01. The number of nitro groups is 1. The molecule has 0 aliphatic carbocycles. The van der Waals surface area contributed by atoms with E-state index in [1.165, 1.54) is 6.20 Å². The summed E-state index contributed by atoms with van der Waals surface area (Å²) in [4.78, 5) is 13.6. The maximum absolute atomic E-state index is 10.3. The van der Waals surface area contributed by atoms with Gasteiger partial charge < -0.3 is 10.1 Å². The third-order valence-corrected chi connectivity index (χ3v) is 2.16.